The Morgan fingerprint density at radius 2 is 2.28 bits per heavy atom. The Morgan fingerprint density at radius 3 is 2.72 bits per heavy atom. The summed E-state index contributed by atoms with van der Waals surface area (Å²) in [4.78, 5) is 26.4. The van der Waals surface area contributed by atoms with Crippen molar-refractivity contribution >= 4 is 11.9 Å². The monoisotopic (exact) mass is 247 g/mol. The van der Waals surface area contributed by atoms with Crippen LogP contribution < -0.4 is 5.32 Å². The number of carbonyl (C=O) groups is 2. The first-order valence-electron chi connectivity index (χ1n) is 5.48. The normalized spacial score (nSPS) is 11.3. The average molecular weight is 247 g/mol. The predicted molar refractivity (Wildman–Crippen MR) is 62.8 cm³/mol. The molecule has 6 nitrogen and oxygen atoms in total. The van der Waals surface area contributed by atoms with Gasteiger partial charge in [-0.1, -0.05) is 13.3 Å². The molecule has 2 N–H and O–H groups in total. The molecule has 1 heterocycles. The number of carboxylic acids is 1. The zero-order valence-electron chi connectivity index (χ0n) is 9.88. The van der Waals surface area contributed by atoms with Crippen molar-refractivity contribution in [1.82, 2.24) is 10.3 Å². The van der Waals surface area contributed by atoms with E-state index in [0.29, 0.717) is 18.4 Å². The molecule has 0 bridgehead atoms. The van der Waals surface area contributed by atoms with Crippen LogP contribution in [0.3, 0.4) is 0 Å². The Bertz CT molecular complexity index is 476. The number of pyridine rings is 1. The van der Waals surface area contributed by atoms with Crippen molar-refractivity contribution in [2.45, 2.75) is 25.8 Å². The minimum absolute atomic E-state index is 0.0938. The van der Waals surface area contributed by atoms with Crippen LogP contribution in [0.15, 0.2) is 18.3 Å². The van der Waals surface area contributed by atoms with Crippen LogP contribution in [-0.2, 0) is 4.79 Å². The lowest BCUT2D eigenvalue weighted by molar-refractivity contribution is -0.139. The zero-order valence-corrected chi connectivity index (χ0v) is 9.88. The molecule has 0 unspecified atom stereocenters. The summed E-state index contributed by atoms with van der Waals surface area (Å²) in [5.41, 5.74) is 0.436. The molecule has 0 radical (unpaired) electrons. The van der Waals surface area contributed by atoms with Gasteiger partial charge in [-0.05, 0) is 18.6 Å². The molecule has 0 aliphatic heterocycles. The molecule has 6 heteroatoms. The van der Waals surface area contributed by atoms with Crippen molar-refractivity contribution < 1.29 is 14.7 Å². The first-order valence-corrected chi connectivity index (χ1v) is 5.48. The van der Waals surface area contributed by atoms with Gasteiger partial charge in [0.05, 0.1) is 5.56 Å². The molecule has 1 aromatic heterocycles. The highest BCUT2D eigenvalue weighted by Crippen LogP contribution is 2.02. The average Bonchev–Trinajstić information content (AvgIpc) is 2.38. The molecule has 0 aromatic carbocycles. The van der Waals surface area contributed by atoms with Crippen LogP contribution in [0.2, 0.25) is 0 Å². The number of nitrogens with one attached hydrogen (secondary N) is 1. The van der Waals surface area contributed by atoms with Gasteiger partial charge in [-0.15, -0.1) is 0 Å². The van der Waals surface area contributed by atoms with Gasteiger partial charge in [0.1, 0.15) is 17.8 Å². The van der Waals surface area contributed by atoms with Crippen LogP contribution in [0.25, 0.3) is 0 Å². The van der Waals surface area contributed by atoms with Crippen LogP contribution in [0, 0.1) is 11.3 Å². The van der Waals surface area contributed by atoms with Crippen molar-refractivity contribution in [3.05, 3.63) is 29.6 Å². The summed E-state index contributed by atoms with van der Waals surface area (Å²) >= 11 is 0. The maximum Gasteiger partial charge on any atom is 0.326 e. The summed E-state index contributed by atoms with van der Waals surface area (Å²) in [6, 6.07) is 3.81. The Hall–Kier alpha value is -2.42. The van der Waals surface area contributed by atoms with Gasteiger partial charge in [0.15, 0.2) is 0 Å². The van der Waals surface area contributed by atoms with Crippen LogP contribution in [-0.4, -0.2) is 28.0 Å². The zero-order chi connectivity index (χ0) is 13.5. The van der Waals surface area contributed by atoms with Gasteiger partial charge < -0.3 is 10.4 Å². The summed E-state index contributed by atoms with van der Waals surface area (Å²) < 4.78 is 0. The van der Waals surface area contributed by atoms with Gasteiger partial charge in [0.2, 0.25) is 0 Å². The maximum absolute atomic E-state index is 11.7. The SMILES string of the molecule is CCC[C@H](NC(=O)c1ccc(C#N)cn1)C(=O)O. The largest absolute Gasteiger partial charge is 0.480 e. The smallest absolute Gasteiger partial charge is 0.326 e. The minimum Gasteiger partial charge on any atom is -0.480 e. The number of hydrogen-bond donors (Lipinski definition) is 2. The second-order valence-electron chi connectivity index (χ2n) is 3.70. The molecule has 94 valence electrons. The van der Waals surface area contributed by atoms with Crippen molar-refractivity contribution in [3.8, 4) is 6.07 Å². The first-order chi connectivity index (χ1) is 8.58. The van der Waals surface area contributed by atoms with Crippen molar-refractivity contribution in [2.75, 3.05) is 0 Å². The molecule has 1 rings (SSSR count). The number of amides is 1. The van der Waals surface area contributed by atoms with E-state index in [2.05, 4.69) is 10.3 Å². The van der Waals surface area contributed by atoms with Crippen molar-refractivity contribution in [1.29, 1.82) is 5.26 Å². The molecule has 1 atom stereocenters. The van der Waals surface area contributed by atoms with E-state index in [1.54, 1.807) is 0 Å². The van der Waals surface area contributed by atoms with Crippen LogP contribution in [0.5, 0.6) is 0 Å². The Balaban J connectivity index is 2.74. The van der Waals surface area contributed by atoms with E-state index >= 15 is 0 Å². The second kappa shape index (κ2) is 6.35. The first kappa shape index (κ1) is 13.6. The van der Waals surface area contributed by atoms with Crippen molar-refractivity contribution in [2.24, 2.45) is 0 Å². The lowest BCUT2D eigenvalue weighted by Gasteiger charge is -2.12. The Labute approximate surface area is 104 Å². The fourth-order valence-electron chi connectivity index (χ4n) is 1.37. The van der Waals surface area contributed by atoms with Crippen LogP contribution in [0.4, 0.5) is 0 Å². The molecule has 1 aromatic rings. The summed E-state index contributed by atoms with van der Waals surface area (Å²) in [7, 11) is 0. The van der Waals surface area contributed by atoms with Gasteiger partial charge in [-0.3, -0.25) is 4.79 Å². The number of carbonyl (C=O) groups excluding carboxylic acids is 1. The summed E-state index contributed by atoms with van der Waals surface area (Å²) in [6.07, 6.45) is 2.28. The highest BCUT2D eigenvalue weighted by Gasteiger charge is 2.20. The van der Waals surface area contributed by atoms with E-state index in [-0.39, 0.29) is 5.69 Å². The van der Waals surface area contributed by atoms with Gasteiger partial charge in [0.25, 0.3) is 5.91 Å². The molecular formula is C12H13N3O3. The molecular weight excluding hydrogens is 234 g/mol. The van der Waals surface area contributed by atoms with E-state index in [4.69, 9.17) is 10.4 Å². The number of nitrogens with zero attached hydrogens (tertiary/aromatic N) is 2. The minimum atomic E-state index is -1.07. The quantitative estimate of drug-likeness (QED) is 0.805. The van der Waals surface area contributed by atoms with Gasteiger partial charge >= 0.3 is 5.97 Å². The fourth-order valence-corrected chi connectivity index (χ4v) is 1.37. The van der Waals surface area contributed by atoms with Gasteiger partial charge in [0, 0.05) is 6.20 Å². The fraction of sp³-hybridized carbons (Fsp3) is 0.333. The number of carboxylic acid groups (broad SMARTS) is 1. The Morgan fingerprint density at radius 1 is 1.56 bits per heavy atom. The molecule has 0 aliphatic rings. The summed E-state index contributed by atoms with van der Waals surface area (Å²) in [6.45, 7) is 1.84. The number of aliphatic carboxylic acids is 1. The maximum atomic E-state index is 11.7. The second-order valence-corrected chi connectivity index (χ2v) is 3.70. The lowest BCUT2D eigenvalue weighted by atomic mass is 10.1. The van der Waals surface area contributed by atoms with Crippen LogP contribution in [0.1, 0.15) is 35.8 Å². The molecule has 0 saturated heterocycles. The van der Waals surface area contributed by atoms with Gasteiger partial charge in [-0.2, -0.15) is 5.26 Å². The molecule has 1 amide bonds. The highest BCUT2D eigenvalue weighted by molar-refractivity contribution is 5.94. The van der Waals surface area contributed by atoms with Crippen LogP contribution >= 0.6 is 0 Å². The van der Waals surface area contributed by atoms with Gasteiger partial charge in [-0.25, -0.2) is 9.78 Å². The van der Waals surface area contributed by atoms with E-state index in [9.17, 15) is 9.59 Å². The molecule has 0 saturated carbocycles. The number of rotatable bonds is 5. The summed E-state index contributed by atoms with van der Waals surface area (Å²) in [5, 5.41) is 19.9. The topological polar surface area (TPSA) is 103 Å². The summed E-state index contributed by atoms with van der Waals surface area (Å²) in [5.74, 6) is -1.63. The number of hydrogen-bond acceptors (Lipinski definition) is 4. The molecule has 0 fully saturated rings. The third-order valence-corrected chi connectivity index (χ3v) is 2.31. The highest BCUT2D eigenvalue weighted by atomic mass is 16.4. The third kappa shape index (κ3) is 3.56. The lowest BCUT2D eigenvalue weighted by Crippen LogP contribution is -2.40. The van der Waals surface area contributed by atoms with Crippen molar-refractivity contribution in [3.63, 3.8) is 0 Å². The predicted octanol–water partition coefficient (Wildman–Crippen LogP) is 0.936. The van der Waals surface area contributed by atoms with E-state index < -0.39 is 17.9 Å². The van der Waals surface area contributed by atoms with E-state index in [1.807, 2.05) is 13.0 Å². The molecule has 0 aliphatic carbocycles. The Kier molecular flexibility index (Phi) is 4.81. The number of aromatic nitrogens is 1. The molecule has 18 heavy (non-hydrogen) atoms. The number of nitriles is 1. The van der Waals surface area contributed by atoms with E-state index in [1.165, 1.54) is 18.3 Å². The van der Waals surface area contributed by atoms with E-state index in [0.717, 1.165) is 0 Å². The standard InChI is InChI=1S/C12H13N3O3/c1-2-3-10(12(17)18)15-11(16)9-5-4-8(6-13)7-14-9/h4-5,7,10H,2-3H2,1H3,(H,15,16)(H,17,18)/t10-/m0/s1. The molecule has 0 spiro atoms. The third-order valence-electron chi connectivity index (χ3n) is 2.31.